The SMILES string of the molecule is COc1ccc(NC(=O)N(C)C[C@H]2Oc3ncc(C#C[C@@H](C)O)cc3C(=O)N([C@H](C)CO)C[C@@H]2C)cc1. The van der Waals surface area contributed by atoms with E-state index in [0.717, 1.165) is 0 Å². The predicted molar refractivity (Wildman–Crippen MR) is 139 cm³/mol. The Hall–Kier alpha value is -3.81. The van der Waals surface area contributed by atoms with Gasteiger partial charge in [0.1, 0.15) is 23.5 Å². The Bertz CT molecular complexity index is 1160. The molecular weight excluding hydrogens is 476 g/mol. The third-order valence-electron chi connectivity index (χ3n) is 6.09. The molecule has 3 N–H and O–H groups in total. The average Bonchev–Trinajstić information content (AvgIpc) is 2.89. The van der Waals surface area contributed by atoms with E-state index in [4.69, 9.17) is 9.47 Å². The van der Waals surface area contributed by atoms with Gasteiger partial charge in [-0.05, 0) is 44.2 Å². The molecule has 0 unspecified atom stereocenters. The molecule has 0 bridgehead atoms. The molecule has 10 heteroatoms. The lowest BCUT2D eigenvalue weighted by atomic mass is 10.00. The van der Waals surface area contributed by atoms with Gasteiger partial charge in [-0.3, -0.25) is 4.79 Å². The molecule has 4 atom stereocenters. The minimum absolute atomic E-state index is 0.128. The molecule has 198 valence electrons. The number of benzene rings is 1. The zero-order valence-electron chi connectivity index (χ0n) is 21.8. The molecule has 3 amide bonds. The molecule has 0 spiro atoms. The van der Waals surface area contributed by atoms with Crippen LogP contribution in [0, 0.1) is 17.8 Å². The van der Waals surface area contributed by atoms with Gasteiger partial charge in [-0.1, -0.05) is 18.8 Å². The maximum atomic E-state index is 13.4. The maximum absolute atomic E-state index is 13.4. The van der Waals surface area contributed by atoms with E-state index >= 15 is 0 Å². The first kappa shape index (κ1) is 27.8. The molecule has 10 nitrogen and oxygen atoms in total. The van der Waals surface area contributed by atoms with E-state index in [9.17, 15) is 19.8 Å². The van der Waals surface area contributed by atoms with E-state index in [-0.39, 0.29) is 42.5 Å². The third kappa shape index (κ3) is 7.12. The summed E-state index contributed by atoms with van der Waals surface area (Å²) >= 11 is 0. The van der Waals surface area contributed by atoms with Crippen molar-refractivity contribution in [1.29, 1.82) is 0 Å². The van der Waals surface area contributed by atoms with Crippen molar-refractivity contribution in [2.45, 2.75) is 39.0 Å². The first-order valence-corrected chi connectivity index (χ1v) is 12.1. The van der Waals surface area contributed by atoms with Gasteiger partial charge in [-0.25, -0.2) is 9.78 Å². The fourth-order valence-corrected chi connectivity index (χ4v) is 3.82. The second kappa shape index (κ2) is 12.4. The highest BCUT2D eigenvalue weighted by Crippen LogP contribution is 2.27. The van der Waals surface area contributed by atoms with Gasteiger partial charge < -0.3 is 34.8 Å². The molecule has 0 saturated heterocycles. The predicted octanol–water partition coefficient (Wildman–Crippen LogP) is 2.21. The van der Waals surface area contributed by atoms with E-state index in [1.807, 2.05) is 6.92 Å². The van der Waals surface area contributed by atoms with Crippen molar-refractivity contribution in [2.24, 2.45) is 5.92 Å². The summed E-state index contributed by atoms with van der Waals surface area (Å²) in [5.41, 5.74) is 1.28. The molecule has 1 aliphatic heterocycles. The lowest BCUT2D eigenvalue weighted by Crippen LogP contribution is -2.50. The van der Waals surface area contributed by atoms with Crippen molar-refractivity contribution in [3.63, 3.8) is 0 Å². The summed E-state index contributed by atoms with van der Waals surface area (Å²) in [5, 5.41) is 22.1. The van der Waals surface area contributed by atoms with Crippen LogP contribution in [0.15, 0.2) is 36.5 Å². The Balaban J connectivity index is 1.85. The Labute approximate surface area is 217 Å². The minimum Gasteiger partial charge on any atom is -0.497 e. The zero-order chi connectivity index (χ0) is 27.1. The number of aliphatic hydroxyl groups excluding tert-OH is 2. The Morgan fingerprint density at radius 2 is 2.05 bits per heavy atom. The highest BCUT2D eigenvalue weighted by atomic mass is 16.5. The molecule has 0 saturated carbocycles. The fourth-order valence-electron chi connectivity index (χ4n) is 3.82. The van der Waals surface area contributed by atoms with Gasteiger partial charge in [0.05, 0.1) is 26.3 Å². The topological polar surface area (TPSA) is 124 Å². The number of rotatable bonds is 6. The molecule has 0 fully saturated rings. The van der Waals surface area contributed by atoms with Crippen LogP contribution in [0.4, 0.5) is 10.5 Å². The molecule has 1 aromatic heterocycles. The van der Waals surface area contributed by atoms with Gasteiger partial charge in [0.15, 0.2) is 0 Å². The van der Waals surface area contributed by atoms with Crippen molar-refractivity contribution >= 4 is 17.6 Å². The summed E-state index contributed by atoms with van der Waals surface area (Å²) in [5.74, 6) is 5.74. The number of carbonyl (C=O) groups excluding carboxylic acids is 2. The number of urea groups is 1. The summed E-state index contributed by atoms with van der Waals surface area (Å²) in [4.78, 5) is 33.7. The number of ether oxygens (including phenoxy) is 2. The number of carbonyl (C=O) groups is 2. The first-order chi connectivity index (χ1) is 17.6. The standard InChI is InChI=1S/C27H34N4O6/c1-17-14-31(18(2)16-32)26(34)23-12-20(7-6-19(3)33)13-28-25(23)37-24(17)15-30(4)27(35)29-21-8-10-22(36-5)11-9-21/h8-13,17-19,24,32-33H,14-16H2,1-5H3,(H,29,35)/t17-,18+,19+,24+/m0/s1. The third-order valence-corrected chi connectivity index (χ3v) is 6.09. The van der Waals surface area contributed by atoms with E-state index in [2.05, 4.69) is 22.1 Å². The van der Waals surface area contributed by atoms with Crippen LogP contribution in [0.2, 0.25) is 0 Å². The molecule has 0 radical (unpaired) electrons. The number of aromatic nitrogens is 1. The second-order valence-electron chi connectivity index (χ2n) is 9.18. The van der Waals surface area contributed by atoms with Crippen LogP contribution in [0.25, 0.3) is 0 Å². The Kier molecular flexibility index (Phi) is 9.33. The number of hydrogen-bond donors (Lipinski definition) is 3. The lowest BCUT2D eigenvalue weighted by Gasteiger charge is -2.37. The van der Waals surface area contributed by atoms with Gasteiger partial charge in [-0.2, -0.15) is 0 Å². The summed E-state index contributed by atoms with van der Waals surface area (Å²) in [6, 6.07) is 7.82. The smallest absolute Gasteiger partial charge is 0.321 e. The number of likely N-dealkylation sites (N-methyl/N-ethyl adjacent to an activating group) is 1. The van der Waals surface area contributed by atoms with Gasteiger partial charge >= 0.3 is 6.03 Å². The largest absolute Gasteiger partial charge is 0.497 e. The number of methoxy groups -OCH3 is 1. The number of anilines is 1. The molecule has 1 aliphatic rings. The molecule has 3 rings (SSSR count). The van der Waals surface area contributed by atoms with Gasteiger partial charge in [0.25, 0.3) is 5.91 Å². The number of fused-ring (bicyclic) bond motifs is 1. The van der Waals surface area contributed by atoms with Crippen LogP contribution in [-0.2, 0) is 0 Å². The normalized spacial score (nSPS) is 18.7. The molecule has 2 aromatic rings. The van der Waals surface area contributed by atoms with Crippen LogP contribution >= 0.6 is 0 Å². The van der Waals surface area contributed by atoms with Gasteiger partial charge in [-0.15, -0.1) is 0 Å². The monoisotopic (exact) mass is 510 g/mol. The number of nitrogens with one attached hydrogen (secondary N) is 1. The van der Waals surface area contributed by atoms with Crippen molar-refractivity contribution < 1.29 is 29.3 Å². The van der Waals surface area contributed by atoms with Crippen LogP contribution in [-0.4, -0.2) is 89.0 Å². The van der Waals surface area contributed by atoms with Crippen molar-refractivity contribution in [3.05, 3.63) is 47.7 Å². The highest BCUT2D eigenvalue weighted by Gasteiger charge is 2.34. The Morgan fingerprint density at radius 1 is 1.35 bits per heavy atom. The molecule has 2 heterocycles. The van der Waals surface area contributed by atoms with E-state index < -0.39 is 18.2 Å². The zero-order valence-corrected chi connectivity index (χ0v) is 21.8. The van der Waals surface area contributed by atoms with E-state index in [1.54, 1.807) is 63.2 Å². The molecule has 37 heavy (non-hydrogen) atoms. The summed E-state index contributed by atoms with van der Waals surface area (Å²) < 4.78 is 11.4. The average molecular weight is 511 g/mol. The fraction of sp³-hybridized carbons (Fsp3) is 0.444. The van der Waals surface area contributed by atoms with Gasteiger partial charge in [0.2, 0.25) is 5.88 Å². The van der Waals surface area contributed by atoms with Crippen molar-refractivity contribution in [3.8, 4) is 23.5 Å². The van der Waals surface area contributed by atoms with E-state index in [0.29, 0.717) is 23.5 Å². The maximum Gasteiger partial charge on any atom is 0.321 e. The molecule has 1 aromatic carbocycles. The number of hydrogen-bond acceptors (Lipinski definition) is 7. The Morgan fingerprint density at radius 3 is 2.68 bits per heavy atom. The van der Waals surface area contributed by atoms with Crippen molar-refractivity contribution in [2.75, 3.05) is 39.2 Å². The van der Waals surface area contributed by atoms with E-state index in [1.165, 1.54) is 11.1 Å². The second-order valence-corrected chi connectivity index (χ2v) is 9.18. The van der Waals surface area contributed by atoms with Crippen LogP contribution < -0.4 is 14.8 Å². The summed E-state index contributed by atoms with van der Waals surface area (Å²) in [6.45, 7) is 5.56. The van der Waals surface area contributed by atoms with Gasteiger partial charge in [0, 0.05) is 37.0 Å². The first-order valence-electron chi connectivity index (χ1n) is 12.1. The molecular formula is C27H34N4O6. The number of amides is 3. The number of nitrogens with zero attached hydrogens (tertiary/aromatic N) is 3. The number of aliphatic hydroxyl groups is 2. The highest BCUT2D eigenvalue weighted by molar-refractivity contribution is 5.97. The van der Waals surface area contributed by atoms with Crippen LogP contribution in [0.5, 0.6) is 11.6 Å². The van der Waals surface area contributed by atoms with Crippen molar-refractivity contribution in [1.82, 2.24) is 14.8 Å². The van der Waals surface area contributed by atoms with Crippen LogP contribution in [0.1, 0.15) is 36.7 Å². The lowest BCUT2D eigenvalue weighted by molar-refractivity contribution is 0.0356. The summed E-state index contributed by atoms with van der Waals surface area (Å²) in [7, 11) is 3.24. The summed E-state index contributed by atoms with van der Waals surface area (Å²) in [6.07, 6.45) is 0.156. The minimum atomic E-state index is -0.829. The molecule has 0 aliphatic carbocycles. The number of pyridine rings is 1. The van der Waals surface area contributed by atoms with Crippen LogP contribution in [0.3, 0.4) is 0 Å². The quantitative estimate of drug-likeness (QED) is 0.509.